The maximum absolute atomic E-state index is 5.84. The fourth-order valence-electron chi connectivity index (χ4n) is 2.83. The van der Waals surface area contributed by atoms with Gasteiger partial charge in [-0.3, -0.25) is 4.98 Å². The third-order valence-corrected chi connectivity index (χ3v) is 3.83. The summed E-state index contributed by atoms with van der Waals surface area (Å²) in [5.74, 6) is 0. The summed E-state index contributed by atoms with van der Waals surface area (Å²) in [4.78, 5) is 4.41. The number of benzene rings is 1. The van der Waals surface area contributed by atoms with Crippen LogP contribution in [-0.4, -0.2) is 4.98 Å². The Balaban J connectivity index is 1.76. The Morgan fingerprint density at radius 1 is 1.32 bits per heavy atom. The lowest BCUT2D eigenvalue weighted by Crippen LogP contribution is -2.23. The van der Waals surface area contributed by atoms with E-state index in [0.717, 1.165) is 24.2 Å². The lowest BCUT2D eigenvalue weighted by Gasteiger charge is -2.20. The zero-order valence-electron chi connectivity index (χ0n) is 11.1. The van der Waals surface area contributed by atoms with Gasteiger partial charge in [-0.2, -0.15) is 0 Å². The molecule has 0 spiro atoms. The first-order chi connectivity index (χ1) is 9.24. The minimum absolute atomic E-state index is 0.259. The van der Waals surface area contributed by atoms with Gasteiger partial charge in [-0.05, 0) is 55.2 Å². The maximum atomic E-state index is 5.84. The average molecular weight is 253 g/mol. The van der Waals surface area contributed by atoms with Gasteiger partial charge in [-0.1, -0.05) is 12.1 Å². The van der Waals surface area contributed by atoms with Gasteiger partial charge < -0.3 is 11.1 Å². The first-order valence-corrected chi connectivity index (χ1v) is 6.79. The fraction of sp³-hybridized carbons (Fsp3) is 0.312. The molecule has 0 radical (unpaired) electrons. The van der Waals surface area contributed by atoms with Crippen LogP contribution in [0.2, 0.25) is 0 Å². The van der Waals surface area contributed by atoms with Crippen molar-refractivity contribution < 1.29 is 0 Å². The Hall–Kier alpha value is -1.87. The number of anilines is 1. The van der Waals surface area contributed by atoms with Crippen molar-refractivity contribution in [2.45, 2.75) is 31.8 Å². The number of nitrogen functional groups attached to an aromatic ring is 1. The van der Waals surface area contributed by atoms with Crippen LogP contribution in [0.1, 0.15) is 42.2 Å². The van der Waals surface area contributed by atoms with E-state index >= 15 is 0 Å². The van der Waals surface area contributed by atoms with Gasteiger partial charge in [0.2, 0.25) is 0 Å². The number of rotatable bonds is 3. The lowest BCUT2D eigenvalue weighted by molar-refractivity contribution is 0.458. The Morgan fingerprint density at radius 3 is 3.00 bits per heavy atom. The largest absolute Gasteiger partial charge is 0.399 e. The van der Waals surface area contributed by atoms with Crippen LogP contribution >= 0.6 is 0 Å². The van der Waals surface area contributed by atoms with Gasteiger partial charge in [0, 0.05) is 24.0 Å². The van der Waals surface area contributed by atoms with E-state index in [1.54, 1.807) is 0 Å². The molecule has 0 amide bonds. The summed E-state index contributed by atoms with van der Waals surface area (Å²) >= 11 is 0. The zero-order valence-corrected chi connectivity index (χ0v) is 11.1. The van der Waals surface area contributed by atoms with E-state index in [-0.39, 0.29) is 6.04 Å². The van der Waals surface area contributed by atoms with E-state index < -0.39 is 0 Å². The Bertz CT molecular complexity index is 565. The van der Waals surface area contributed by atoms with Crippen molar-refractivity contribution in [2.24, 2.45) is 0 Å². The highest BCUT2D eigenvalue weighted by Crippen LogP contribution is 2.33. The summed E-state index contributed by atoms with van der Waals surface area (Å²) in [5, 5.41) is 3.67. The van der Waals surface area contributed by atoms with E-state index in [2.05, 4.69) is 35.4 Å². The van der Waals surface area contributed by atoms with Crippen molar-refractivity contribution in [3.63, 3.8) is 0 Å². The molecule has 2 atom stereocenters. The van der Waals surface area contributed by atoms with Gasteiger partial charge >= 0.3 is 0 Å². The highest BCUT2D eigenvalue weighted by Gasteiger charge is 2.24. The van der Waals surface area contributed by atoms with Crippen LogP contribution in [0.25, 0.3) is 0 Å². The van der Waals surface area contributed by atoms with E-state index in [4.69, 9.17) is 5.73 Å². The summed E-state index contributed by atoms with van der Waals surface area (Å²) in [5.41, 5.74) is 10.6. The molecule has 3 nitrogen and oxygen atoms in total. The highest BCUT2D eigenvalue weighted by atomic mass is 15.0. The van der Waals surface area contributed by atoms with Crippen molar-refractivity contribution in [3.8, 4) is 0 Å². The van der Waals surface area contributed by atoms with Crippen LogP contribution < -0.4 is 11.1 Å². The number of aryl methyl sites for hydroxylation is 1. The summed E-state index contributed by atoms with van der Waals surface area (Å²) in [6.45, 7) is 2.16. The molecule has 3 N–H and O–H groups in total. The molecular formula is C16H19N3. The molecule has 0 fully saturated rings. The maximum Gasteiger partial charge on any atom is 0.0570 e. The molecule has 3 rings (SSSR count). The predicted molar refractivity (Wildman–Crippen MR) is 77.7 cm³/mol. The summed E-state index contributed by atoms with van der Waals surface area (Å²) < 4.78 is 0. The molecule has 0 saturated carbocycles. The molecule has 0 bridgehead atoms. The first-order valence-electron chi connectivity index (χ1n) is 6.79. The van der Waals surface area contributed by atoms with Gasteiger partial charge in [-0.25, -0.2) is 0 Å². The van der Waals surface area contributed by atoms with Crippen LogP contribution in [0.15, 0.2) is 42.6 Å². The molecule has 1 aromatic carbocycles. The first kappa shape index (κ1) is 12.2. The highest BCUT2D eigenvalue weighted by molar-refractivity contribution is 5.47. The second-order valence-electron chi connectivity index (χ2n) is 5.19. The zero-order chi connectivity index (χ0) is 13.2. The third kappa shape index (κ3) is 2.47. The molecule has 2 aromatic rings. The van der Waals surface area contributed by atoms with Crippen molar-refractivity contribution >= 4 is 5.69 Å². The van der Waals surface area contributed by atoms with Gasteiger partial charge in [-0.15, -0.1) is 0 Å². The van der Waals surface area contributed by atoms with Crippen LogP contribution in [-0.2, 0) is 6.42 Å². The minimum atomic E-state index is 0.259. The molecule has 1 aliphatic rings. The number of hydrogen-bond acceptors (Lipinski definition) is 3. The number of nitrogens with zero attached hydrogens (tertiary/aromatic N) is 1. The van der Waals surface area contributed by atoms with Gasteiger partial charge in [0.25, 0.3) is 0 Å². The SMILES string of the molecule is C[C@H](NC1CCc2cc(N)ccc21)c1ccccn1. The van der Waals surface area contributed by atoms with E-state index in [9.17, 15) is 0 Å². The van der Waals surface area contributed by atoms with Gasteiger partial charge in [0.1, 0.15) is 0 Å². The van der Waals surface area contributed by atoms with E-state index in [1.807, 2.05) is 24.4 Å². The molecule has 1 aromatic heterocycles. The third-order valence-electron chi connectivity index (χ3n) is 3.83. The molecular weight excluding hydrogens is 234 g/mol. The number of nitrogens with two attached hydrogens (primary N) is 1. The van der Waals surface area contributed by atoms with Crippen molar-refractivity contribution in [2.75, 3.05) is 5.73 Å². The lowest BCUT2D eigenvalue weighted by atomic mass is 10.1. The molecule has 1 unspecified atom stereocenters. The molecule has 0 aliphatic heterocycles. The Kier molecular flexibility index (Phi) is 3.22. The van der Waals surface area contributed by atoms with Crippen LogP contribution in [0.4, 0.5) is 5.69 Å². The van der Waals surface area contributed by atoms with Crippen LogP contribution in [0.5, 0.6) is 0 Å². The molecule has 0 saturated heterocycles. The standard InChI is InChI=1S/C16H19N3/c1-11(15-4-2-3-9-18-15)19-16-8-5-12-10-13(17)6-7-14(12)16/h2-4,6-7,9-11,16,19H,5,8,17H2,1H3/t11-,16?/m0/s1. The number of fused-ring (bicyclic) bond motifs is 1. The van der Waals surface area contributed by atoms with Crippen LogP contribution in [0, 0.1) is 0 Å². The van der Waals surface area contributed by atoms with Gasteiger partial charge in [0.15, 0.2) is 0 Å². The molecule has 98 valence electrons. The molecule has 3 heteroatoms. The predicted octanol–water partition coefficient (Wildman–Crippen LogP) is 3.00. The van der Waals surface area contributed by atoms with Crippen molar-refractivity contribution in [1.29, 1.82) is 0 Å². The minimum Gasteiger partial charge on any atom is -0.399 e. The molecule has 1 heterocycles. The molecule has 19 heavy (non-hydrogen) atoms. The van der Waals surface area contributed by atoms with Crippen molar-refractivity contribution in [3.05, 3.63) is 59.4 Å². The van der Waals surface area contributed by atoms with E-state index in [1.165, 1.54) is 11.1 Å². The van der Waals surface area contributed by atoms with Crippen molar-refractivity contribution in [1.82, 2.24) is 10.3 Å². The van der Waals surface area contributed by atoms with Crippen LogP contribution in [0.3, 0.4) is 0 Å². The smallest absolute Gasteiger partial charge is 0.0570 e. The second-order valence-corrected chi connectivity index (χ2v) is 5.19. The average Bonchev–Trinajstić information content (AvgIpc) is 2.82. The summed E-state index contributed by atoms with van der Waals surface area (Å²) in [6, 6.07) is 13.0. The summed E-state index contributed by atoms with van der Waals surface area (Å²) in [6.07, 6.45) is 4.08. The number of aromatic nitrogens is 1. The number of nitrogens with one attached hydrogen (secondary N) is 1. The summed E-state index contributed by atoms with van der Waals surface area (Å²) in [7, 11) is 0. The number of hydrogen-bond donors (Lipinski definition) is 2. The second kappa shape index (κ2) is 5.02. The van der Waals surface area contributed by atoms with E-state index in [0.29, 0.717) is 6.04 Å². The number of pyridine rings is 1. The Labute approximate surface area is 113 Å². The topological polar surface area (TPSA) is 50.9 Å². The van der Waals surface area contributed by atoms with Gasteiger partial charge in [0.05, 0.1) is 5.69 Å². The quantitative estimate of drug-likeness (QED) is 0.827. The molecule has 1 aliphatic carbocycles. The Morgan fingerprint density at radius 2 is 2.21 bits per heavy atom. The fourth-order valence-corrected chi connectivity index (χ4v) is 2.83. The normalized spacial score (nSPS) is 19.1. The monoisotopic (exact) mass is 253 g/mol.